The van der Waals surface area contributed by atoms with E-state index in [9.17, 15) is 8.42 Å². The van der Waals surface area contributed by atoms with Crippen molar-refractivity contribution in [3.05, 3.63) is 35.0 Å². The van der Waals surface area contributed by atoms with Gasteiger partial charge in [0.2, 0.25) is 0 Å². The minimum absolute atomic E-state index is 0.162. The molecule has 0 saturated heterocycles. The number of thiazole rings is 1. The number of sulfonamides is 1. The molecule has 3 aromatic rings. The number of anilines is 2. The minimum atomic E-state index is -3.71. The monoisotopic (exact) mass is 322 g/mol. The normalized spacial score (nSPS) is 11.9. The maximum atomic E-state index is 12.5. The van der Waals surface area contributed by atoms with Crippen molar-refractivity contribution in [2.45, 2.75) is 18.7 Å². The molecule has 110 valence electrons. The topological polar surface area (TPSA) is 101 Å². The fourth-order valence-corrected chi connectivity index (χ4v) is 4.24. The first-order chi connectivity index (χ1) is 9.87. The van der Waals surface area contributed by atoms with E-state index < -0.39 is 10.0 Å². The van der Waals surface area contributed by atoms with Crippen LogP contribution in [0, 0.1) is 13.8 Å². The van der Waals surface area contributed by atoms with Gasteiger partial charge in [-0.25, -0.2) is 13.4 Å². The van der Waals surface area contributed by atoms with Gasteiger partial charge in [0, 0.05) is 27.7 Å². The molecule has 0 saturated carbocycles. The Bertz CT molecular complexity index is 905. The van der Waals surface area contributed by atoms with Gasteiger partial charge in [0.15, 0.2) is 5.13 Å². The first-order valence-corrected chi connectivity index (χ1v) is 8.50. The third-order valence-electron chi connectivity index (χ3n) is 3.21. The second-order valence-electron chi connectivity index (χ2n) is 4.72. The molecule has 2 aromatic heterocycles. The highest BCUT2D eigenvalue weighted by atomic mass is 32.2. The molecule has 0 aliphatic carbocycles. The third kappa shape index (κ3) is 2.47. The molecule has 4 N–H and O–H groups in total. The summed E-state index contributed by atoms with van der Waals surface area (Å²) in [4.78, 5) is 8.27. The lowest BCUT2D eigenvalue weighted by atomic mass is 10.2. The lowest BCUT2D eigenvalue weighted by Crippen LogP contribution is -2.12. The average Bonchev–Trinajstić information content (AvgIpc) is 2.93. The summed E-state index contributed by atoms with van der Waals surface area (Å²) in [6, 6.07) is 5.11. The molecule has 0 aliphatic rings. The van der Waals surface area contributed by atoms with Crippen LogP contribution < -0.4 is 10.5 Å². The Balaban J connectivity index is 2.06. The highest BCUT2D eigenvalue weighted by Crippen LogP contribution is 2.28. The highest BCUT2D eigenvalue weighted by Gasteiger charge is 2.21. The SMILES string of the molecule is Cc1nc(NS(=O)(=O)c2c[nH]c3ccc(N)cc23)sc1C. The van der Waals surface area contributed by atoms with Crippen LogP contribution in [0.15, 0.2) is 29.3 Å². The van der Waals surface area contributed by atoms with Gasteiger partial charge in [-0.2, -0.15) is 0 Å². The molecule has 0 amide bonds. The number of rotatable bonds is 3. The number of nitrogen functional groups attached to an aromatic ring is 1. The van der Waals surface area contributed by atoms with E-state index in [0.717, 1.165) is 16.1 Å². The fraction of sp³-hybridized carbons (Fsp3) is 0.154. The lowest BCUT2D eigenvalue weighted by molar-refractivity contribution is 0.602. The zero-order valence-electron chi connectivity index (χ0n) is 11.5. The van der Waals surface area contributed by atoms with Crippen LogP contribution in [0.1, 0.15) is 10.6 Å². The van der Waals surface area contributed by atoms with Crippen molar-refractivity contribution in [3.63, 3.8) is 0 Å². The second-order valence-corrected chi connectivity index (χ2v) is 7.58. The summed E-state index contributed by atoms with van der Waals surface area (Å²) in [6.07, 6.45) is 1.46. The van der Waals surface area contributed by atoms with Crippen LogP contribution in [0.2, 0.25) is 0 Å². The molecule has 3 rings (SSSR count). The van der Waals surface area contributed by atoms with Gasteiger partial charge < -0.3 is 10.7 Å². The molecule has 0 radical (unpaired) electrons. The van der Waals surface area contributed by atoms with Crippen LogP contribution in [0.25, 0.3) is 10.9 Å². The van der Waals surface area contributed by atoms with Crippen LogP contribution >= 0.6 is 11.3 Å². The second kappa shape index (κ2) is 4.74. The molecule has 8 heteroatoms. The third-order valence-corrected chi connectivity index (χ3v) is 5.70. The number of aryl methyl sites for hydroxylation is 2. The zero-order chi connectivity index (χ0) is 15.2. The van der Waals surface area contributed by atoms with Crippen LogP contribution in [-0.2, 0) is 10.0 Å². The van der Waals surface area contributed by atoms with Gasteiger partial charge in [0.1, 0.15) is 4.90 Å². The summed E-state index contributed by atoms with van der Waals surface area (Å²) in [5.74, 6) is 0. The standard InChI is InChI=1S/C13H14N4O2S2/c1-7-8(2)20-13(16-7)17-21(18,19)12-6-15-11-4-3-9(14)5-10(11)12/h3-6,15H,14H2,1-2H3,(H,16,17). The van der Waals surface area contributed by atoms with Crippen molar-refractivity contribution in [1.82, 2.24) is 9.97 Å². The zero-order valence-corrected chi connectivity index (χ0v) is 13.1. The van der Waals surface area contributed by atoms with Crippen molar-refractivity contribution in [2.75, 3.05) is 10.5 Å². The first-order valence-electron chi connectivity index (χ1n) is 6.20. The number of H-pyrrole nitrogens is 1. The van der Waals surface area contributed by atoms with Gasteiger partial charge in [-0.05, 0) is 32.0 Å². The molecule has 1 aromatic carbocycles. The highest BCUT2D eigenvalue weighted by molar-refractivity contribution is 7.93. The Kier molecular flexibility index (Phi) is 3.14. The molecule has 0 spiro atoms. The van der Waals surface area contributed by atoms with Gasteiger partial charge in [-0.3, -0.25) is 4.72 Å². The predicted octanol–water partition coefficient (Wildman–Crippen LogP) is 2.62. The maximum Gasteiger partial charge on any atom is 0.265 e. The number of aromatic amines is 1. The van der Waals surface area contributed by atoms with Gasteiger partial charge in [-0.1, -0.05) is 0 Å². The van der Waals surface area contributed by atoms with Crippen molar-refractivity contribution < 1.29 is 8.42 Å². The summed E-state index contributed by atoms with van der Waals surface area (Å²) in [7, 11) is -3.71. The van der Waals surface area contributed by atoms with Crippen molar-refractivity contribution in [2.24, 2.45) is 0 Å². The summed E-state index contributed by atoms with van der Waals surface area (Å²) in [5, 5.41) is 0.927. The van der Waals surface area contributed by atoms with Crippen LogP contribution in [-0.4, -0.2) is 18.4 Å². The Morgan fingerprint density at radius 3 is 2.76 bits per heavy atom. The minimum Gasteiger partial charge on any atom is -0.399 e. The lowest BCUT2D eigenvalue weighted by Gasteiger charge is -2.04. The fourth-order valence-electron chi connectivity index (χ4n) is 2.02. The van der Waals surface area contributed by atoms with Crippen molar-refractivity contribution >= 4 is 43.1 Å². The largest absolute Gasteiger partial charge is 0.399 e. The van der Waals surface area contributed by atoms with E-state index in [0.29, 0.717) is 16.2 Å². The number of hydrogen-bond acceptors (Lipinski definition) is 5. The van der Waals surface area contributed by atoms with Crippen molar-refractivity contribution in [3.8, 4) is 0 Å². The maximum absolute atomic E-state index is 12.5. The Morgan fingerprint density at radius 1 is 1.33 bits per heavy atom. The number of nitrogens with zero attached hydrogens (tertiary/aromatic N) is 1. The Morgan fingerprint density at radius 2 is 2.10 bits per heavy atom. The molecule has 0 aliphatic heterocycles. The predicted molar refractivity (Wildman–Crippen MR) is 85.1 cm³/mol. The van der Waals surface area contributed by atoms with Crippen LogP contribution in [0.4, 0.5) is 10.8 Å². The van der Waals surface area contributed by atoms with Gasteiger partial charge >= 0.3 is 0 Å². The number of hydrogen-bond donors (Lipinski definition) is 3. The van der Waals surface area contributed by atoms with E-state index >= 15 is 0 Å². The van der Waals surface area contributed by atoms with Crippen LogP contribution in [0.3, 0.4) is 0 Å². The quantitative estimate of drug-likeness (QED) is 0.645. The van der Waals surface area contributed by atoms with E-state index in [-0.39, 0.29) is 4.90 Å². The molecule has 0 fully saturated rings. The summed E-state index contributed by atoms with van der Waals surface area (Å²) in [6.45, 7) is 3.74. The summed E-state index contributed by atoms with van der Waals surface area (Å²) >= 11 is 1.31. The molecular formula is C13H14N4O2S2. The number of nitrogens with one attached hydrogen (secondary N) is 2. The summed E-state index contributed by atoms with van der Waals surface area (Å²) < 4.78 is 27.5. The number of benzene rings is 1. The molecule has 0 atom stereocenters. The van der Waals surface area contributed by atoms with Crippen molar-refractivity contribution in [1.29, 1.82) is 0 Å². The van der Waals surface area contributed by atoms with Gasteiger partial charge in [0.05, 0.1) is 5.69 Å². The Labute approximate surface area is 126 Å². The van der Waals surface area contributed by atoms with E-state index in [2.05, 4.69) is 14.7 Å². The molecular weight excluding hydrogens is 308 g/mol. The molecule has 2 heterocycles. The smallest absolute Gasteiger partial charge is 0.265 e. The van der Waals surface area contributed by atoms with E-state index in [1.807, 2.05) is 13.8 Å². The first kappa shape index (κ1) is 13.9. The number of fused-ring (bicyclic) bond motifs is 1. The van der Waals surface area contributed by atoms with E-state index in [4.69, 9.17) is 5.73 Å². The van der Waals surface area contributed by atoms with Crippen LogP contribution in [0.5, 0.6) is 0 Å². The molecule has 0 bridgehead atoms. The van der Waals surface area contributed by atoms with E-state index in [1.54, 1.807) is 18.2 Å². The Hall–Kier alpha value is -2.06. The number of nitrogens with two attached hydrogens (primary N) is 1. The summed E-state index contributed by atoms with van der Waals surface area (Å²) in [5.41, 5.74) is 7.78. The molecule has 21 heavy (non-hydrogen) atoms. The average molecular weight is 322 g/mol. The molecule has 6 nitrogen and oxygen atoms in total. The van der Waals surface area contributed by atoms with Gasteiger partial charge in [0.25, 0.3) is 10.0 Å². The number of aromatic nitrogens is 2. The van der Waals surface area contributed by atoms with Gasteiger partial charge in [-0.15, -0.1) is 11.3 Å². The molecule has 0 unspecified atom stereocenters. The van der Waals surface area contributed by atoms with E-state index in [1.165, 1.54) is 17.5 Å².